The third-order valence-electron chi connectivity index (χ3n) is 5.84. The molecule has 178 valence electrons. The average molecular weight is 470 g/mol. The molecule has 9 heteroatoms. The number of ether oxygens (including phenoxy) is 1. The molecule has 34 heavy (non-hydrogen) atoms. The highest BCUT2D eigenvalue weighted by molar-refractivity contribution is 5.91. The minimum atomic E-state index is -1.03. The molecule has 2 aromatic carbocycles. The first-order chi connectivity index (χ1) is 16.4. The average Bonchev–Trinajstić information content (AvgIpc) is 2.81. The fourth-order valence-corrected chi connectivity index (χ4v) is 4.02. The zero-order chi connectivity index (χ0) is 24.1. The number of piperidine rings is 1. The Morgan fingerprint density at radius 3 is 2.32 bits per heavy atom. The van der Waals surface area contributed by atoms with Gasteiger partial charge in [-0.1, -0.05) is 0 Å². The Bertz CT molecular complexity index is 1100. The van der Waals surface area contributed by atoms with Crippen LogP contribution in [-0.2, 0) is 17.9 Å². The summed E-state index contributed by atoms with van der Waals surface area (Å²) in [6, 6.07) is 9.97. The number of benzene rings is 2. The fourth-order valence-electron chi connectivity index (χ4n) is 4.02. The lowest BCUT2D eigenvalue weighted by atomic mass is 10.1. The molecule has 0 unspecified atom stereocenters. The van der Waals surface area contributed by atoms with Crippen LogP contribution in [0.2, 0.25) is 0 Å². The minimum Gasteiger partial charge on any atom is -0.490 e. The Kier molecular flexibility index (Phi) is 7.42. The van der Waals surface area contributed by atoms with Crippen LogP contribution >= 0.6 is 0 Å². The van der Waals surface area contributed by atoms with Gasteiger partial charge in [0.1, 0.15) is 29.3 Å². The number of aromatic nitrogens is 2. The Balaban J connectivity index is 1.35. The van der Waals surface area contributed by atoms with Crippen LogP contribution < -0.4 is 9.64 Å². The molecule has 4 rings (SSSR count). The Morgan fingerprint density at radius 2 is 1.74 bits per heavy atom. The van der Waals surface area contributed by atoms with E-state index in [1.165, 1.54) is 11.8 Å². The fraction of sp³-hybridized carbons (Fsp3) is 0.320. The highest BCUT2D eigenvalue weighted by atomic mass is 19.1. The zero-order valence-corrected chi connectivity index (χ0v) is 18.8. The Morgan fingerprint density at radius 1 is 1.06 bits per heavy atom. The summed E-state index contributed by atoms with van der Waals surface area (Å²) < 4.78 is 47.5. The number of nitrogens with zero attached hydrogens (tertiary/aromatic N) is 4. The number of likely N-dealkylation sites (tertiary alicyclic amines) is 1. The van der Waals surface area contributed by atoms with Crippen molar-refractivity contribution in [2.45, 2.75) is 39.0 Å². The van der Waals surface area contributed by atoms with E-state index in [-0.39, 0.29) is 18.2 Å². The van der Waals surface area contributed by atoms with Crippen molar-refractivity contribution in [3.8, 4) is 5.75 Å². The van der Waals surface area contributed by atoms with Gasteiger partial charge in [0, 0.05) is 56.1 Å². The molecule has 1 saturated heterocycles. The lowest BCUT2D eigenvalue weighted by molar-refractivity contribution is -0.116. The van der Waals surface area contributed by atoms with Gasteiger partial charge in [-0.3, -0.25) is 9.69 Å². The standard InChI is InChI=1S/C25H25F3N4O2/c1-17(33)32(16-23-24(27)12-19(26)13-25(23)28)20-2-4-21(5-3-20)34-22-7-10-31(11-8-22)15-18-6-9-29-30-14-18/h2-6,9,12-14,22H,7-8,10-11,15-16H2,1H3. The molecule has 0 aliphatic carbocycles. The Hall–Kier alpha value is -3.46. The molecule has 0 atom stereocenters. The van der Waals surface area contributed by atoms with E-state index in [2.05, 4.69) is 15.1 Å². The smallest absolute Gasteiger partial charge is 0.224 e. The van der Waals surface area contributed by atoms with Gasteiger partial charge in [-0.25, -0.2) is 13.2 Å². The number of carbonyl (C=O) groups is 1. The molecule has 1 aromatic heterocycles. The van der Waals surface area contributed by atoms with E-state index in [9.17, 15) is 18.0 Å². The second kappa shape index (κ2) is 10.6. The van der Waals surface area contributed by atoms with Gasteiger partial charge in [-0.2, -0.15) is 10.2 Å². The van der Waals surface area contributed by atoms with Crippen molar-refractivity contribution < 1.29 is 22.7 Å². The number of rotatable bonds is 7. The van der Waals surface area contributed by atoms with Crippen LogP contribution in [0.3, 0.4) is 0 Å². The van der Waals surface area contributed by atoms with E-state index < -0.39 is 23.4 Å². The number of amides is 1. The summed E-state index contributed by atoms with van der Waals surface area (Å²) >= 11 is 0. The van der Waals surface area contributed by atoms with Gasteiger partial charge in [-0.15, -0.1) is 0 Å². The van der Waals surface area contributed by atoms with Gasteiger partial charge in [0.05, 0.1) is 12.7 Å². The molecule has 1 fully saturated rings. The molecular formula is C25H25F3N4O2. The molecule has 0 N–H and O–H groups in total. The molecule has 1 amide bonds. The third-order valence-corrected chi connectivity index (χ3v) is 5.84. The quantitative estimate of drug-likeness (QED) is 0.509. The number of anilines is 1. The highest BCUT2D eigenvalue weighted by Crippen LogP contribution is 2.26. The number of carbonyl (C=O) groups excluding carboxylic acids is 1. The SMILES string of the molecule is CC(=O)N(Cc1c(F)cc(F)cc1F)c1ccc(OC2CCN(Cc3ccnnc3)CC2)cc1. The molecule has 6 nitrogen and oxygen atoms in total. The van der Waals surface area contributed by atoms with Crippen molar-refractivity contribution in [3.63, 3.8) is 0 Å². The van der Waals surface area contributed by atoms with Crippen LogP contribution in [0.15, 0.2) is 54.9 Å². The van der Waals surface area contributed by atoms with Gasteiger partial charge < -0.3 is 9.64 Å². The van der Waals surface area contributed by atoms with Crippen molar-refractivity contribution in [1.29, 1.82) is 0 Å². The summed E-state index contributed by atoms with van der Waals surface area (Å²) in [5.74, 6) is -2.81. The first-order valence-electron chi connectivity index (χ1n) is 11.0. The van der Waals surface area contributed by atoms with E-state index in [0.717, 1.165) is 38.0 Å². The van der Waals surface area contributed by atoms with Gasteiger partial charge >= 0.3 is 0 Å². The van der Waals surface area contributed by atoms with Crippen LogP contribution in [-0.4, -0.2) is 40.2 Å². The molecule has 0 spiro atoms. The summed E-state index contributed by atoms with van der Waals surface area (Å²) in [6.45, 7) is 3.58. The van der Waals surface area contributed by atoms with E-state index >= 15 is 0 Å². The molecule has 1 aliphatic heterocycles. The lowest BCUT2D eigenvalue weighted by Crippen LogP contribution is -2.37. The van der Waals surface area contributed by atoms with Crippen LogP contribution in [0.1, 0.15) is 30.9 Å². The molecule has 0 radical (unpaired) electrons. The maximum atomic E-state index is 14.1. The van der Waals surface area contributed by atoms with Crippen LogP contribution in [0.25, 0.3) is 0 Å². The summed E-state index contributed by atoms with van der Waals surface area (Å²) in [5, 5.41) is 7.71. The van der Waals surface area contributed by atoms with Gasteiger partial charge in [0.2, 0.25) is 5.91 Å². The Labute approximate surface area is 196 Å². The molecule has 1 aliphatic rings. The second-order valence-electron chi connectivity index (χ2n) is 8.29. The molecule has 0 bridgehead atoms. The van der Waals surface area contributed by atoms with E-state index in [0.29, 0.717) is 23.6 Å². The summed E-state index contributed by atoms with van der Waals surface area (Å²) in [7, 11) is 0. The van der Waals surface area contributed by atoms with Crippen molar-refractivity contribution >= 4 is 11.6 Å². The maximum absolute atomic E-state index is 14.1. The maximum Gasteiger partial charge on any atom is 0.224 e. The normalized spacial score (nSPS) is 14.7. The summed E-state index contributed by atoms with van der Waals surface area (Å²) in [6.07, 6.45) is 5.29. The number of hydrogen-bond donors (Lipinski definition) is 0. The highest BCUT2D eigenvalue weighted by Gasteiger charge is 2.22. The van der Waals surface area contributed by atoms with Crippen LogP contribution in [0.5, 0.6) is 5.75 Å². The van der Waals surface area contributed by atoms with Gasteiger partial charge in [-0.05, 0) is 48.7 Å². The number of halogens is 3. The van der Waals surface area contributed by atoms with E-state index in [4.69, 9.17) is 4.74 Å². The van der Waals surface area contributed by atoms with Crippen molar-refractivity contribution in [3.05, 3.63) is 83.4 Å². The van der Waals surface area contributed by atoms with Crippen molar-refractivity contribution in [1.82, 2.24) is 15.1 Å². The third kappa shape index (κ3) is 5.91. The van der Waals surface area contributed by atoms with E-state index in [1.807, 2.05) is 6.07 Å². The predicted octanol–water partition coefficient (Wildman–Crippen LogP) is 4.49. The summed E-state index contributed by atoms with van der Waals surface area (Å²) in [4.78, 5) is 15.7. The molecule has 0 saturated carbocycles. The van der Waals surface area contributed by atoms with Crippen molar-refractivity contribution in [2.24, 2.45) is 0 Å². The largest absolute Gasteiger partial charge is 0.490 e. The van der Waals surface area contributed by atoms with Crippen molar-refractivity contribution in [2.75, 3.05) is 18.0 Å². The minimum absolute atomic E-state index is 0.0731. The topological polar surface area (TPSA) is 58.6 Å². The monoisotopic (exact) mass is 470 g/mol. The number of hydrogen-bond acceptors (Lipinski definition) is 5. The van der Waals surface area contributed by atoms with Crippen LogP contribution in [0, 0.1) is 17.5 Å². The van der Waals surface area contributed by atoms with Gasteiger partial charge in [0.15, 0.2) is 0 Å². The first-order valence-corrected chi connectivity index (χ1v) is 11.0. The molecule has 3 aromatic rings. The summed E-state index contributed by atoms with van der Waals surface area (Å²) in [5.41, 5.74) is 1.22. The van der Waals surface area contributed by atoms with E-state index in [1.54, 1.807) is 36.7 Å². The first kappa shape index (κ1) is 23.7. The van der Waals surface area contributed by atoms with Crippen LogP contribution in [0.4, 0.5) is 18.9 Å². The zero-order valence-electron chi connectivity index (χ0n) is 18.8. The predicted molar refractivity (Wildman–Crippen MR) is 121 cm³/mol. The molecule has 2 heterocycles. The lowest BCUT2D eigenvalue weighted by Gasteiger charge is -2.32. The second-order valence-corrected chi connectivity index (χ2v) is 8.29. The van der Waals surface area contributed by atoms with Gasteiger partial charge in [0.25, 0.3) is 0 Å². The molecular weight excluding hydrogens is 445 g/mol.